The first-order valence-electron chi connectivity index (χ1n) is 11.6. The first kappa shape index (κ1) is 22.9. The SMILES string of the molecule is CCNC(=NCCc1cc(C)ccc1OC)N1CCC(OCC2CCCCO2)CC1. The summed E-state index contributed by atoms with van der Waals surface area (Å²) >= 11 is 0. The van der Waals surface area contributed by atoms with Crippen LogP contribution in [0.1, 0.15) is 50.2 Å². The van der Waals surface area contributed by atoms with Crippen molar-refractivity contribution >= 4 is 5.96 Å². The second-order valence-electron chi connectivity index (χ2n) is 8.31. The maximum Gasteiger partial charge on any atom is 0.193 e. The van der Waals surface area contributed by atoms with Crippen LogP contribution in [-0.4, -0.2) is 69.6 Å². The maximum atomic E-state index is 6.16. The summed E-state index contributed by atoms with van der Waals surface area (Å²) in [6.07, 6.45) is 7.20. The van der Waals surface area contributed by atoms with Gasteiger partial charge in [-0.15, -0.1) is 0 Å². The molecular formula is C24H39N3O3. The van der Waals surface area contributed by atoms with E-state index in [0.29, 0.717) is 12.2 Å². The van der Waals surface area contributed by atoms with Gasteiger partial charge < -0.3 is 24.4 Å². The molecule has 1 aromatic rings. The minimum Gasteiger partial charge on any atom is -0.496 e. The lowest BCUT2D eigenvalue weighted by molar-refractivity contribution is -0.0721. The zero-order valence-corrected chi connectivity index (χ0v) is 19.0. The lowest BCUT2D eigenvalue weighted by Crippen LogP contribution is -2.47. The molecule has 1 atom stereocenters. The van der Waals surface area contributed by atoms with Crippen LogP contribution in [0.15, 0.2) is 23.2 Å². The van der Waals surface area contributed by atoms with E-state index in [1.165, 1.54) is 24.0 Å². The molecule has 0 amide bonds. The lowest BCUT2D eigenvalue weighted by Gasteiger charge is -2.35. The highest BCUT2D eigenvalue weighted by molar-refractivity contribution is 5.80. The molecule has 2 aliphatic heterocycles. The number of aryl methyl sites for hydroxylation is 1. The number of likely N-dealkylation sites (tertiary alicyclic amines) is 1. The maximum absolute atomic E-state index is 6.16. The number of guanidine groups is 1. The summed E-state index contributed by atoms with van der Waals surface area (Å²) in [5, 5.41) is 3.46. The van der Waals surface area contributed by atoms with Gasteiger partial charge in [-0.2, -0.15) is 0 Å². The average Bonchev–Trinajstić information content (AvgIpc) is 2.78. The number of nitrogens with zero attached hydrogens (tertiary/aromatic N) is 2. The molecule has 168 valence electrons. The van der Waals surface area contributed by atoms with E-state index < -0.39 is 0 Å². The summed E-state index contributed by atoms with van der Waals surface area (Å²) < 4.78 is 17.5. The van der Waals surface area contributed by atoms with Gasteiger partial charge in [0.1, 0.15) is 5.75 Å². The van der Waals surface area contributed by atoms with Crippen molar-refractivity contribution in [2.24, 2.45) is 4.99 Å². The zero-order valence-electron chi connectivity index (χ0n) is 19.0. The Labute approximate surface area is 182 Å². The van der Waals surface area contributed by atoms with Crippen molar-refractivity contribution < 1.29 is 14.2 Å². The van der Waals surface area contributed by atoms with Crippen molar-refractivity contribution in [3.8, 4) is 5.75 Å². The predicted octanol–water partition coefficient (Wildman–Crippen LogP) is 3.56. The number of piperidine rings is 1. The number of hydrogen-bond donors (Lipinski definition) is 1. The number of ether oxygens (including phenoxy) is 3. The summed E-state index contributed by atoms with van der Waals surface area (Å²) in [7, 11) is 1.73. The Bertz CT molecular complexity index is 666. The van der Waals surface area contributed by atoms with Crippen molar-refractivity contribution in [2.45, 2.75) is 64.6 Å². The van der Waals surface area contributed by atoms with Crippen molar-refractivity contribution in [3.05, 3.63) is 29.3 Å². The van der Waals surface area contributed by atoms with E-state index in [1.54, 1.807) is 7.11 Å². The molecule has 1 aromatic carbocycles. The Morgan fingerprint density at radius 1 is 1.23 bits per heavy atom. The van der Waals surface area contributed by atoms with Gasteiger partial charge in [-0.1, -0.05) is 17.7 Å². The van der Waals surface area contributed by atoms with Gasteiger partial charge in [-0.05, 0) is 64.0 Å². The van der Waals surface area contributed by atoms with E-state index in [4.69, 9.17) is 19.2 Å². The molecule has 30 heavy (non-hydrogen) atoms. The Morgan fingerprint density at radius 2 is 2.07 bits per heavy atom. The van der Waals surface area contributed by atoms with Crippen molar-refractivity contribution in [1.29, 1.82) is 0 Å². The Morgan fingerprint density at radius 3 is 2.77 bits per heavy atom. The van der Waals surface area contributed by atoms with E-state index in [2.05, 4.69) is 36.2 Å². The first-order chi connectivity index (χ1) is 14.7. The molecule has 0 spiro atoms. The number of hydrogen-bond acceptors (Lipinski definition) is 4. The molecule has 0 aromatic heterocycles. The highest BCUT2D eigenvalue weighted by Crippen LogP contribution is 2.21. The van der Waals surface area contributed by atoms with Crippen LogP contribution in [-0.2, 0) is 15.9 Å². The predicted molar refractivity (Wildman–Crippen MR) is 122 cm³/mol. The molecule has 2 saturated heterocycles. The Kier molecular flexibility index (Phi) is 9.27. The highest BCUT2D eigenvalue weighted by atomic mass is 16.5. The molecule has 0 radical (unpaired) electrons. The third-order valence-electron chi connectivity index (χ3n) is 5.95. The molecular weight excluding hydrogens is 378 g/mol. The van der Waals surface area contributed by atoms with E-state index in [0.717, 1.165) is 76.8 Å². The number of aliphatic imine (C=N–C) groups is 1. The lowest BCUT2D eigenvalue weighted by atomic mass is 10.1. The van der Waals surface area contributed by atoms with Gasteiger partial charge in [0.05, 0.1) is 25.9 Å². The molecule has 1 unspecified atom stereocenters. The van der Waals surface area contributed by atoms with Crippen LogP contribution < -0.4 is 10.1 Å². The summed E-state index contributed by atoms with van der Waals surface area (Å²) in [5.41, 5.74) is 2.47. The molecule has 2 heterocycles. The second-order valence-corrected chi connectivity index (χ2v) is 8.31. The second kappa shape index (κ2) is 12.2. The van der Waals surface area contributed by atoms with Crippen LogP contribution in [0.4, 0.5) is 0 Å². The highest BCUT2D eigenvalue weighted by Gasteiger charge is 2.23. The van der Waals surface area contributed by atoms with E-state index in [9.17, 15) is 0 Å². The molecule has 1 N–H and O–H groups in total. The topological polar surface area (TPSA) is 55.3 Å². The van der Waals surface area contributed by atoms with Gasteiger partial charge >= 0.3 is 0 Å². The minimum atomic E-state index is 0.300. The quantitative estimate of drug-likeness (QED) is 0.518. The first-order valence-corrected chi connectivity index (χ1v) is 11.6. The average molecular weight is 418 g/mol. The fourth-order valence-corrected chi connectivity index (χ4v) is 4.23. The van der Waals surface area contributed by atoms with Gasteiger partial charge in [0, 0.05) is 32.8 Å². The van der Waals surface area contributed by atoms with Crippen LogP contribution in [0.5, 0.6) is 5.75 Å². The molecule has 6 heteroatoms. The van der Waals surface area contributed by atoms with E-state index in [1.807, 2.05) is 6.07 Å². The van der Waals surface area contributed by atoms with Crippen LogP contribution in [0.2, 0.25) is 0 Å². The molecule has 6 nitrogen and oxygen atoms in total. The van der Waals surface area contributed by atoms with Crippen LogP contribution in [0.3, 0.4) is 0 Å². The normalized spacial score (nSPS) is 21.0. The summed E-state index contributed by atoms with van der Waals surface area (Å²) in [4.78, 5) is 7.27. The van der Waals surface area contributed by atoms with Gasteiger partial charge in [-0.3, -0.25) is 4.99 Å². The third-order valence-corrected chi connectivity index (χ3v) is 5.95. The van der Waals surface area contributed by atoms with Crippen molar-refractivity contribution in [3.63, 3.8) is 0 Å². The van der Waals surface area contributed by atoms with E-state index >= 15 is 0 Å². The zero-order chi connectivity index (χ0) is 21.2. The molecule has 0 saturated carbocycles. The van der Waals surface area contributed by atoms with Gasteiger partial charge in [-0.25, -0.2) is 0 Å². The number of nitrogens with one attached hydrogen (secondary N) is 1. The Hall–Kier alpha value is -1.79. The molecule has 2 fully saturated rings. The largest absolute Gasteiger partial charge is 0.496 e. The third kappa shape index (κ3) is 6.88. The van der Waals surface area contributed by atoms with Crippen LogP contribution >= 0.6 is 0 Å². The fraction of sp³-hybridized carbons (Fsp3) is 0.708. The van der Waals surface area contributed by atoms with Gasteiger partial charge in [0.25, 0.3) is 0 Å². The molecule has 2 aliphatic rings. The van der Waals surface area contributed by atoms with Crippen LogP contribution in [0.25, 0.3) is 0 Å². The number of rotatable bonds is 8. The fourth-order valence-electron chi connectivity index (χ4n) is 4.23. The van der Waals surface area contributed by atoms with Crippen molar-refractivity contribution in [2.75, 3.05) is 46.5 Å². The minimum absolute atomic E-state index is 0.300. The van der Waals surface area contributed by atoms with Gasteiger partial charge in [0.2, 0.25) is 0 Å². The summed E-state index contributed by atoms with van der Waals surface area (Å²) in [6, 6.07) is 6.32. The van der Waals surface area contributed by atoms with Crippen molar-refractivity contribution in [1.82, 2.24) is 10.2 Å². The van der Waals surface area contributed by atoms with Crippen LogP contribution in [0, 0.1) is 6.92 Å². The standard InChI is InChI=1S/C24H39N3O3/c1-4-25-24(26-13-10-20-17-19(2)8-9-23(20)28-3)27-14-11-21(12-15-27)30-18-22-7-5-6-16-29-22/h8-9,17,21-22H,4-7,10-16,18H2,1-3H3,(H,25,26). The summed E-state index contributed by atoms with van der Waals surface area (Å²) in [6.45, 7) is 9.47. The smallest absolute Gasteiger partial charge is 0.193 e. The molecule has 0 aliphatic carbocycles. The Balaban J connectivity index is 1.47. The molecule has 3 rings (SSSR count). The van der Waals surface area contributed by atoms with Gasteiger partial charge in [0.15, 0.2) is 5.96 Å². The summed E-state index contributed by atoms with van der Waals surface area (Å²) in [5.74, 6) is 1.96. The monoisotopic (exact) mass is 417 g/mol. The number of methoxy groups -OCH3 is 1. The van der Waals surface area contributed by atoms with E-state index in [-0.39, 0.29) is 0 Å². The molecule has 0 bridgehead atoms. The number of benzene rings is 1.